The highest BCUT2D eigenvalue weighted by atomic mass is 19.1. The van der Waals surface area contributed by atoms with E-state index in [0.29, 0.717) is 42.9 Å². The molecule has 2 aliphatic rings. The van der Waals surface area contributed by atoms with Crippen LogP contribution in [0.1, 0.15) is 29.6 Å². The molecule has 1 spiro atoms. The number of amides is 2. The first-order valence-electron chi connectivity index (χ1n) is 9.21. The highest BCUT2D eigenvalue weighted by molar-refractivity contribution is 6.43. The Kier molecular flexibility index (Phi) is 4.81. The van der Waals surface area contributed by atoms with Crippen molar-refractivity contribution in [2.75, 3.05) is 18.4 Å². The Morgan fingerprint density at radius 3 is 2.61 bits per heavy atom. The normalized spacial score (nSPS) is 21.2. The van der Waals surface area contributed by atoms with Crippen molar-refractivity contribution in [3.05, 3.63) is 66.0 Å². The lowest BCUT2D eigenvalue weighted by Crippen LogP contribution is -2.50. The zero-order valence-electron chi connectivity index (χ0n) is 15.2. The van der Waals surface area contributed by atoms with Crippen molar-refractivity contribution in [2.45, 2.75) is 24.9 Å². The molecule has 0 aromatic heterocycles. The van der Waals surface area contributed by atoms with E-state index < -0.39 is 5.60 Å². The summed E-state index contributed by atoms with van der Waals surface area (Å²) in [4.78, 5) is 32.6. The van der Waals surface area contributed by atoms with Crippen molar-refractivity contribution < 1.29 is 18.8 Å². The highest BCUT2D eigenvalue weighted by Crippen LogP contribution is 2.34. The van der Waals surface area contributed by atoms with E-state index in [4.69, 9.17) is 4.84 Å². The van der Waals surface area contributed by atoms with Gasteiger partial charge in [-0.25, -0.2) is 4.39 Å². The van der Waals surface area contributed by atoms with Gasteiger partial charge in [0.25, 0.3) is 11.8 Å². The Morgan fingerprint density at radius 1 is 1.11 bits per heavy atom. The van der Waals surface area contributed by atoms with Gasteiger partial charge in [0.15, 0.2) is 5.60 Å². The summed E-state index contributed by atoms with van der Waals surface area (Å²) in [7, 11) is 0. The number of para-hydroxylation sites is 1. The van der Waals surface area contributed by atoms with Crippen molar-refractivity contribution in [1.82, 2.24) is 4.90 Å². The van der Waals surface area contributed by atoms with Crippen molar-refractivity contribution in [3.8, 4) is 0 Å². The van der Waals surface area contributed by atoms with Gasteiger partial charge in [-0.15, -0.1) is 0 Å². The standard InChI is InChI=1S/C21H20FN3O3/c22-16-9-7-15(8-10-16)20(27)25-12-4-11-21(14-25)13-18(24-28-21)19(26)23-17-5-2-1-3-6-17/h1-3,5-10H,4,11-14H2,(H,23,26). The monoisotopic (exact) mass is 381 g/mol. The Bertz CT molecular complexity index is 914. The summed E-state index contributed by atoms with van der Waals surface area (Å²) in [6, 6.07) is 14.6. The maximum absolute atomic E-state index is 13.1. The second kappa shape index (κ2) is 7.42. The maximum atomic E-state index is 13.1. The number of oxime groups is 1. The summed E-state index contributed by atoms with van der Waals surface area (Å²) in [6.45, 7) is 0.932. The van der Waals surface area contributed by atoms with Crippen LogP contribution in [-0.2, 0) is 9.63 Å². The van der Waals surface area contributed by atoms with E-state index in [2.05, 4.69) is 10.5 Å². The molecule has 2 heterocycles. The second-order valence-corrected chi connectivity index (χ2v) is 7.15. The van der Waals surface area contributed by atoms with Crippen LogP contribution >= 0.6 is 0 Å². The number of piperidine rings is 1. The number of anilines is 1. The van der Waals surface area contributed by atoms with E-state index in [1.807, 2.05) is 18.2 Å². The molecule has 1 unspecified atom stereocenters. The van der Waals surface area contributed by atoms with Crippen molar-refractivity contribution in [1.29, 1.82) is 0 Å². The molecule has 0 radical (unpaired) electrons. The molecular weight excluding hydrogens is 361 g/mol. The topological polar surface area (TPSA) is 71.0 Å². The maximum Gasteiger partial charge on any atom is 0.273 e. The number of nitrogens with one attached hydrogen (secondary N) is 1. The van der Waals surface area contributed by atoms with Crippen LogP contribution in [0.3, 0.4) is 0 Å². The minimum atomic E-state index is -0.683. The quantitative estimate of drug-likeness (QED) is 0.887. The fourth-order valence-electron chi connectivity index (χ4n) is 3.63. The summed E-state index contributed by atoms with van der Waals surface area (Å²) < 4.78 is 13.1. The van der Waals surface area contributed by atoms with Crippen LogP contribution < -0.4 is 5.32 Å². The average Bonchev–Trinajstić information content (AvgIpc) is 3.12. The SMILES string of the molecule is O=C(Nc1ccccc1)C1=NOC2(CCCN(C(=O)c3ccc(F)cc3)C2)C1. The summed E-state index contributed by atoms with van der Waals surface area (Å²) in [6.07, 6.45) is 1.81. The molecule has 2 aromatic rings. The number of likely N-dealkylation sites (tertiary alicyclic amines) is 1. The summed E-state index contributed by atoms with van der Waals surface area (Å²) in [5, 5.41) is 6.81. The van der Waals surface area contributed by atoms with Crippen molar-refractivity contribution in [2.24, 2.45) is 5.16 Å². The fraction of sp³-hybridized carbons (Fsp3) is 0.286. The Morgan fingerprint density at radius 2 is 1.86 bits per heavy atom. The minimum Gasteiger partial charge on any atom is -0.386 e. The van der Waals surface area contributed by atoms with E-state index in [-0.39, 0.29) is 17.6 Å². The zero-order chi connectivity index (χ0) is 19.6. The van der Waals surface area contributed by atoms with Gasteiger partial charge in [-0.3, -0.25) is 9.59 Å². The van der Waals surface area contributed by atoms with Crippen LogP contribution in [0, 0.1) is 5.82 Å². The molecule has 144 valence electrons. The van der Waals surface area contributed by atoms with Crippen LogP contribution in [-0.4, -0.2) is 41.1 Å². The van der Waals surface area contributed by atoms with Crippen molar-refractivity contribution in [3.63, 3.8) is 0 Å². The van der Waals surface area contributed by atoms with Crippen LogP contribution in [0.15, 0.2) is 59.8 Å². The molecule has 7 heteroatoms. The lowest BCUT2D eigenvalue weighted by atomic mass is 9.87. The Balaban J connectivity index is 1.41. The third-order valence-corrected chi connectivity index (χ3v) is 5.05. The highest BCUT2D eigenvalue weighted by Gasteiger charge is 2.45. The number of carbonyl (C=O) groups is 2. The third kappa shape index (κ3) is 3.74. The molecule has 1 saturated heterocycles. The molecule has 6 nitrogen and oxygen atoms in total. The number of carbonyl (C=O) groups excluding carboxylic acids is 2. The number of rotatable bonds is 3. The number of halogens is 1. The van der Waals surface area contributed by atoms with E-state index in [1.165, 1.54) is 24.3 Å². The Hall–Kier alpha value is -3.22. The predicted octanol–water partition coefficient (Wildman–Crippen LogP) is 3.22. The van der Waals surface area contributed by atoms with Crippen molar-refractivity contribution >= 4 is 23.2 Å². The first-order valence-corrected chi connectivity index (χ1v) is 9.21. The largest absolute Gasteiger partial charge is 0.386 e. The molecule has 0 bridgehead atoms. The van der Waals surface area contributed by atoms with Gasteiger partial charge in [0, 0.05) is 24.2 Å². The van der Waals surface area contributed by atoms with Gasteiger partial charge in [-0.2, -0.15) is 0 Å². The van der Waals surface area contributed by atoms with Gasteiger partial charge in [0.1, 0.15) is 11.5 Å². The number of hydrogen-bond acceptors (Lipinski definition) is 4. The van der Waals surface area contributed by atoms with Gasteiger partial charge in [0.2, 0.25) is 0 Å². The third-order valence-electron chi connectivity index (χ3n) is 5.05. The molecular formula is C21H20FN3O3. The van der Waals surface area contributed by atoms with E-state index >= 15 is 0 Å². The smallest absolute Gasteiger partial charge is 0.273 e. The summed E-state index contributed by atoms with van der Waals surface area (Å²) in [5.74, 6) is -0.858. The van der Waals surface area contributed by atoms with E-state index in [1.54, 1.807) is 17.0 Å². The van der Waals surface area contributed by atoms with Gasteiger partial charge in [-0.05, 0) is 49.2 Å². The van der Waals surface area contributed by atoms with E-state index in [9.17, 15) is 14.0 Å². The molecule has 28 heavy (non-hydrogen) atoms. The van der Waals surface area contributed by atoms with Gasteiger partial charge in [-0.1, -0.05) is 23.4 Å². The molecule has 1 N–H and O–H groups in total. The zero-order valence-corrected chi connectivity index (χ0v) is 15.2. The average molecular weight is 381 g/mol. The lowest BCUT2D eigenvalue weighted by molar-refractivity contribution is -0.110. The Labute approximate surface area is 162 Å². The molecule has 0 aliphatic carbocycles. The van der Waals surface area contributed by atoms with Crippen LogP contribution in [0.25, 0.3) is 0 Å². The lowest BCUT2D eigenvalue weighted by Gasteiger charge is -2.38. The second-order valence-electron chi connectivity index (χ2n) is 7.15. The molecule has 2 aliphatic heterocycles. The van der Waals surface area contributed by atoms with Crippen LogP contribution in [0.4, 0.5) is 10.1 Å². The molecule has 0 saturated carbocycles. The predicted molar refractivity (Wildman–Crippen MR) is 102 cm³/mol. The van der Waals surface area contributed by atoms with Gasteiger partial charge < -0.3 is 15.1 Å². The van der Waals surface area contributed by atoms with E-state index in [0.717, 1.165) is 6.42 Å². The van der Waals surface area contributed by atoms with Gasteiger partial charge >= 0.3 is 0 Å². The minimum absolute atomic E-state index is 0.176. The van der Waals surface area contributed by atoms with Gasteiger partial charge in [0.05, 0.1) is 6.54 Å². The molecule has 1 atom stereocenters. The molecule has 2 amide bonds. The van der Waals surface area contributed by atoms with Crippen LogP contribution in [0.5, 0.6) is 0 Å². The first-order chi connectivity index (χ1) is 13.5. The number of nitrogens with zero attached hydrogens (tertiary/aromatic N) is 2. The molecule has 2 aromatic carbocycles. The summed E-state index contributed by atoms with van der Waals surface area (Å²) >= 11 is 0. The van der Waals surface area contributed by atoms with Crippen LogP contribution in [0.2, 0.25) is 0 Å². The number of hydrogen-bond donors (Lipinski definition) is 1. The summed E-state index contributed by atoms with van der Waals surface area (Å²) in [5.41, 5.74) is 0.754. The number of benzene rings is 2. The first kappa shape index (κ1) is 18.2. The molecule has 4 rings (SSSR count). The molecule has 1 fully saturated rings. The fourth-order valence-corrected chi connectivity index (χ4v) is 3.63.